The van der Waals surface area contributed by atoms with Crippen molar-refractivity contribution >= 4 is 23.8 Å². The molecule has 0 bridgehead atoms. The molecule has 128 valence electrons. The molecule has 0 unspecified atom stereocenters. The first-order valence-electron chi connectivity index (χ1n) is 7.75. The second-order valence-electron chi connectivity index (χ2n) is 5.35. The average Bonchev–Trinajstić information content (AvgIpc) is 3.01. The minimum Gasteiger partial charge on any atom is -0.450 e. The molecule has 0 radical (unpaired) electrons. The van der Waals surface area contributed by atoms with Gasteiger partial charge in [-0.1, -0.05) is 43.8 Å². The summed E-state index contributed by atoms with van der Waals surface area (Å²) in [6.45, 7) is 6.18. The Bertz CT molecular complexity index is 713. The molecule has 0 aliphatic carbocycles. The number of nitrogens with one attached hydrogen (secondary N) is 1. The highest BCUT2D eigenvalue weighted by Crippen LogP contribution is 2.27. The van der Waals surface area contributed by atoms with Crippen molar-refractivity contribution < 1.29 is 14.3 Å². The van der Waals surface area contributed by atoms with Crippen LogP contribution < -0.4 is 5.32 Å². The Hall–Kier alpha value is -2.28. The van der Waals surface area contributed by atoms with E-state index in [0.717, 1.165) is 5.69 Å². The van der Waals surface area contributed by atoms with Crippen LogP contribution in [-0.2, 0) is 9.53 Å². The quantitative estimate of drug-likeness (QED) is 0.811. The normalized spacial score (nSPS) is 10.7. The van der Waals surface area contributed by atoms with E-state index in [1.807, 2.05) is 29.0 Å². The first-order chi connectivity index (χ1) is 11.5. The number of imide groups is 1. The van der Waals surface area contributed by atoms with Crippen LogP contribution in [0.5, 0.6) is 0 Å². The smallest absolute Gasteiger partial charge is 0.413 e. The molecular formula is C17H21N3O3S. The summed E-state index contributed by atoms with van der Waals surface area (Å²) in [6, 6.07) is 8.10. The van der Waals surface area contributed by atoms with Crippen LogP contribution in [0.4, 0.5) is 4.79 Å². The third kappa shape index (κ3) is 4.61. The first-order valence-corrected chi connectivity index (χ1v) is 8.73. The number of nitrogens with zero attached hydrogens (tertiary/aromatic N) is 2. The first kappa shape index (κ1) is 18.1. The van der Waals surface area contributed by atoms with E-state index in [2.05, 4.69) is 35.0 Å². The van der Waals surface area contributed by atoms with Gasteiger partial charge in [0, 0.05) is 12.4 Å². The fourth-order valence-corrected chi connectivity index (χ4v) is 2.99. The van der Waals surface area contributed by atoms with E-state index in [1.54, 1.807) is 13.1 Å². The lowest BCUT2D eigenvalue weighted by molar-refractivity contribution is -0.117. The van der Waals surface area contributed by atoms with Crippen molar-refractivity contribution in [2.75, 3.05) is 12.4 Å². The number of amides is 2. The highest BCUT2D eigenvalue weighted by molar-refractivity contribution is 7.99. The monoisotopic (exact) mass is 347 g/mol. The zero-order valence-electron chi connectivity index (χ0n) is 14.0. The van der Waals surface area contributed by atoms with Gasteiger partial charge in [0.1, 0.15) is 0 Å². The van der Waals surface area contributed by atoms with Crippen molar-refractivity contribution in [2.45, 2.75) is 31.8 Å². The number of hydrogen-bond donors (Lipinski definition) is 1. The topological polar surface area (TPSA) is 73.2 Å². The number of carbonyl (C=O) groups excluding carboxylic acids is 2. The minimum absolute atomic E-state index is 0.0830. The maximum atomic E-state index is 11.8. The zero-order valence-corrected chi connectivity index (χ0v) is 14.8. The maximum absolute atomic E-state index is 11.8. The van der Waals surface area contributed by atoms with Gasteiger partial charge in [0.15, 0.2) is 5.16 Å². The molecule has 1 heterocycles. The van der Waals surface area contributed by atoms with Gasteiger partial charge in [-0.3, -0.25) is 14.7 Å². The number of aromatic nitrogens is 2. The van der Waals surface area contributed by atoms with E-state index in [0.29, 0.717) is 11.1 Å². The van der Waals surface area contributed by atoms with Crippen molar-refractivity contribution in [3.63, 3.8) is 0 Å². The zero-order chi connectivity index (χ0) is 17.5. The Morgan fingerprint density at radius 1 is 1.33 bits per heavy atom. The van der Waals surface area contributed by atoms with Crippen LogP contribution in [-0.4, -0.2) is 33.9 Å². The molecule has 0 saturated heterocycles. The molecule has 0 saturated carbocycles. The van der Waals surface area contributed by atoms with Gasteiger partial charge in [0.05, 0.1) is 18.0 Å². The summed E-state index contributed by atoms with van der Waals surface area (Å²) in [5, 5.41) is 2.87. The van der Waals surface area contributed by atoms with E-state index in [1.165, 1.54) is 17.3 Å². The lowest BCUT2D eigenvalue weighted by Crippen LogP contribution is -2.32. The molecule has 7 heteroatoms. The molecule has 0 fully saturated rings. The van der Waals surface area contributed by atoms with Crippen LogP contribution >= 0.6 is 11.8 Å². The van der Waals surface area contributed by atoms with Crippen molar-refractivity contribution in [3.8, 4) is 5.69 Å². The van der Waals surface area contributed by atoms with Crippen molar-refractivity contribution in [1.82, 2.24) is 14.9 Å². The Morgan fingerprint density at radius 2 is 2.08 bits per heavy atom. The lowest BCUT2D eigenvalue weighted by atomic mass is 10.0. The van der Waals surface area contributed by atoms with Gasteiger partial charge in [-0.05, 0) is 24.5 Å². The molecule has 24 heavy (non-hydrogen) atoms. The maximum Gasteiger partial charge on any atom is 0.413 e. The van der Waals surface area contributed by atoms with E-state index in [-0.39, 0.29) is 12.4 Å². The molecular weight excluding hydrogens is 326 g/mol. The second kappa shape index (κ2) is 8.54. The Labute approximate surface area is 145 Å². The third-order valence-corrected chi connectivity index (χ3v) is 4.24. The van der Waals surface area contributed by atoms with Crippen molar-refractivity contribution in [2.24, 2.45) is 0 Å². The van der Waals surface area contributed by atoms with Gasteiger partial charge >= 0.3 is 6.09 Å². The lowest BCUT2D eigenvalue weighted by Gasteiger charge is -2.15. The summed E-state index contributed by atoms with van der Waals surface area (Å²) >= 11 is 1.27. The highest BCUT2D eigenvalue weighted by atomic mass is 32.2. The number of rotatable bonds is 6. The summed E-state index contributed by atoms with van der Waals surface area (Å²) in [6.07, 6.45) is 2.84. The van der Waals surface area contributed by atoms with Gasteiger partial charge in [-0.15, -0.1) is 0 Å². The molecule has 0 aliphatic heterocycles. The van der Waals surface area contributed by atoms with E-state index < -0.39 is 12.0 Å². The molecule has 0 atom stereocenters. The third-order valence-electron chi connectivity index (χ3n) is 3.27. The largest absolute Gasteiger partial charge is 0.450 e. The predicted molar refractivity (Wildman–Crippen MR) is 93.5 cm³/mol. The average molecular weight is 347 g/mol. The number of carbonyl (C=O) groups is 2. The highest BCUT2D eigenvalue weighted by Gasteiger charge is 2.14. The van der Waals surface area contributed by atoms with Crippen LogP contribution in [0.2, 0.25) is 0 Å². The summed E-state index contributed by atoms with van der Waals surface area (Å²) in [4.78, 5) is 27.3. The van der Waals surface area contributed by atoms with Crippen LogP contribution in [0, 0.1) is 0 Å². The van der Waals surface area contributed by atoms with E-state index >= 15 is 0 Å². The number of para-hydroxylation sites is 1. The molecule has 0 spiro atoms. The van der Waals surface area contributed by atoms with Gasteiger partial charge in [0.25, 0.3) is 0 Å². The molecule has 6 nitrogen and oxygen atoms in total. The molecule has 2 amide bonds. The SMILES string of the molecule is CCOC(=O)NC(=O)CSc1nccn1-c1ccccc1C(C)C. The number of alkyl carbamates (subject to hydrolysis) is 1. The molecule has 1 aromatic heterocycles. The molecule has 2 rings (SSSR count). The summed E-state index contributed by atoms with van der Waals surface area (Å²) in [7, 11) is 0. The van der Waals surface area contributed by atoms with Crippen LogP contribution in [0.3, 0.4) is 0 Å². The Morgan fingerprint density at radius 3 is 2.79 bits per heavy atom. The van der Waals surface area contributed by atoms with Crippen LogP contribution in [0.15, 0.2) is 41.8 Å². The van der Waals surface area contributed by atoms with Crippen LogP contribution in [0.25, 0.3) is 5.69 Å². The predicted octanol–water partition coefficient (Wildman–Crippen LogP) is 3.36. The van der Waals surface area contributed by atoms with Gasteiger partial charge in [-0.25, -0.2) is 9.78 Å². The molecule has 1 aromatic carbocycles. The molecule has 0 aliphatic rings. The number of benzene rings is 1. The van der Waals surface area contributed by atoms with E-state index in [4.69, 9.17) is 0 Å². The summed E-state index contributed by atoms with van der Waals surface area (Å²) in [5.41, 5.74) is 2.24. The van der Waals surface area contributed by atoms with Gasteiger partial charge in [-0.2, -0.15) is 0 Å². The number of thioether (sulfide) groups is 1. The summed E-state index contributed by atoms with van der Waals surface area (Å²) in [5.74, 6) is 0.0401. The van der Waals surface area contributed by atoms with Crippen LogP contribution in [0.1, 0.15) is 32.3 Å². The standard InChI is InChI=1S/C17H21N3O3S/c1-4-23-17(22)19-15(21)11-24-16-18-9-10-20(16)14-8-6-5-7-13(14)12(2)3/h5-10,12H,4,11H2,1-3H3,(H,19,21,22). The number of hydrogen-bond acceptors (Lipinski definition) is 5. The van der Waals surface area contributed by atoms with Crippen molar-refractivity contribution in [3.05, 3.63) is 42.2 Å². The number of imidazole rings is 1. The Kier molecular flexibility index (Phi) is 6.43. The van der Waals surface area contributed by atoms with Gasteiger partial charge < -0.3 is 4.74 Å². The number of ether oxygens (including phenoxy) is 1. The minimum atomic E-state index is -0.725. The van der Waals surface area contributed by atoms with Gasteiger partial charge in [0.2, 0.25) is 5.91 Å². The second-order valence-corrected chi connectivity index (χ2v) is 6.29. The Balaban J connectivity index is 2.09. The van der Waals surface area contributed by atoms with E-state index in [9.17, 15) is 9.59 Å². The molecule has 2 aromatic rings. The fraction of sp³-hybridized carbons (Fsp3) is 0.353. The fourth-order valence-electron chi connectivity index (χ4n) is 2.22. The summed E-state index contributed by atoms with van der Waals surface area (Å²) < 4.78 is 6.64. The van der Waals surface area contributed by atoms with Crippen molar-refractivity contribution in [1.29, 1.82) is 0 Å². The molecule has 1 N–H and O–H groups in total.